The molecule has 0 aromatic carbocycles. The van der Waals surface area contributed by atoms with Gasteiger partial charge >= 0.3 is 105 Å². The van der Waals surface area contributed by atoms with Crippen molar-refractivity contribution in [3.05, 3.63) is 0 Å². The average molecular weight is 295 g/mol. The van der Waals surface area contributed by atoms with E-state index < -0.39 is 0 Å². The molecule has 1 aliphatic rings. The Kier molecular flexibility index (Phi) is 7.67. The van der Waals surface area contributed by atoms with Gasteiger partial charge in [0.2, 0.25) is 0 Å². The van der Waals surface area contributed by atoms with Crippen molar-refractivity contribution in [3.63, 3.8) is 0 Å². The first-order valence-electron chi connectivity index (χ1n) is 6.29. The van der Waals surface area contributed by atoms with E-state index in [1.165, 1.54) is 25.7 Å². The minimum absolute atomic E-state index is 0.119. The standard InChI is InChI=1S/C12H24O3Se/c1-3-4-5-6-7-10-8-11(15-14-10)9-12(13)16-2/h10-13H,3-9H2,1-2H3. The third kappa shape index (κ3) is 5.65. The first-order chi connectivity index (χ1) is 7.76. The molecule has 1 saturated heterocycles. The summed E-state index contributed by atoms with van der Waals surface area (Å²) in [6.45, 7) is 2.22. The first-order valence-corrected chi connectivity index (χ1v) is 8.99. The Hall–Kier alpha value is 0.399. The summed E-state index contributed by atoms with van der Waals surface area (Å²) in [5.74, 6) is 2.05. The summed E-state index contributed by atoms with van der Waals surface area (Å²) >= 11 is 0.294. The van der Waals surface area contributed by atoms with E-state index >= 15 is 0 Å². The zero-order valence-corrected chi connectivity index (χ0v) is 12.1. The summed E-state index contributed by atoms with van der Waals surface area (Å²) in [5.41, 5.74) is 0. The van der Waals surface area contributed by atoms with Crippen LogP contribution in [0, 0.1) is 0 Å². The monoisotopic (exact) mass is 296 g/mol. The van der Waals surface area contributed by atoms with Gasteiger partial charge in [0, 0.05) is 0 Å². The molecule has 96 valence electrons. The molecule has 1 rings (SSSR count). The predicted octanol–water partition coefficient (Wildman–Crippen LogP) is 2.51. The molecule has 0 radical (unpaired) electrons. The van der Waals surface area contributed by atoms with Crippen molar-refractivity contribution < 1.29 is 14.9 Å². The zero-order chi connectivity index (χ0) is 11.8. The van der Waals surface area contributed by atoms with Gasteiger partial charge in [-0.3, -0.25) is 0 Å². The molecule has 0 spiro atoms. The molecule has 3 atom stereocenters. The fraction of sp³-hybridized carbons (Fsp3) is 1.00. The third-order valence-electron chi connectivity index (χ3n) is 2.97. The molecule has 3 nitrogen and oxygen atoms in total. The second-order valence-corrected chi connectivity index (χ2v) is 6.58. The van der Waals surface area contributed by atoms with Crippen LogP contribution in [0.5, 0.6) is 0 Å². The Morgan fingerprint density at radius 1 is 1.25 bits per heavy atom. The molecule has 0 aromatic rings. The van der Waals surface area contributed by atoms with Gasteiger partial charge in [-0.05, 0) is 0 Å². The second kappa shape index (κ2) is 8.48. The van der Waals surface area contributed by atoms with Gasteiger partial charge in [0.1, 0.15) is 0 Å². The Balaban J connectivity index is 2.05. The van der Waals surface area contributed by atoms with Gasteiger partial charge in [0.25, 0.3) is 0 Å². The molecule has 1 aliphatic heterocycles. The van der Waals surface area contributed by atoms with Crippen molar-refractivity contribution in [2.75, 3.05) is 0 Å². The van der Waals surface area contributed by atoms with Crippen molar-refractivity contribution >= 4 is 15.0 Å². The summed E-state index contributed by atoms with van der Waals surface area (Å²) in [6.07, 6.45) is 8.29. The second-order valence-electron chi connectivity index (χ2n) is 4.45. The Labute approximate surface area is 105 Å². The van der Waals surface area contributed by atoms with E-state index in [0.29, 0.717) is 15.0 Å². The number of unbranched alkanes of at least 4 members (excludes halogenated alkanes) is 3. The van der Waals surface area contributed by atoms with Crippen molar-refractivity contribution in [1.29, 1.82) is 0 Å². The van der Waals surface area contributed by atoms with Crippen LogP contribution in [0.25, 0.3) is 0 Å². The fourth-order valence-corrected chi connectivity index (χ4v) is 2.80. The van der Waals surface area contributed by atoms with Crippen LogP contribution in [-0.4, -0.2) is 37.3 Å². The van der Waals surface area contributed by atoms with Crippen LogP contribution in [0.4, 0.5) is 0 Å². The number of hydrogen-bond acceptors (Lipinski definition) is 3. The van der Waals surface area contributed by atoms with Crippen LogP contribution in [-0.2, 0) is 9.78 Å². The van der Waals surface area contributed by atoms with E-state index in [9.17, 15) is 5.11 Å². The van der Waals surface area contributed by atoms with Gasteiger partial charge in [0.15, 0.2) is 0 Å². The molecular weight excluding hydrogens is 271 g/mol. The normalized spacial score (nSPS) is 27.2. The summed E-state index contributed by atoms with van der Waals surface area (Å²) < 4.78 is 0. The molecule has 1 heterocycles. The summed E-state index contributed by atoms with van der Waals surface area (Å²) in [6, 6.07) is 0. The average Bonchev–Trinajstić information content (AvgIpc) is 2.72. The molecule has 0 saturated carbocycles. The third-order valence-corrected chi connectivity index (χ3v) is 4.52. The first kappa shape index (κ1) is 14.5. The molecule has 0 aliphatic carbocycles. The fourth-order valence-electron chi connectivity index (χ4n) is 1.95. The molecule has 0 aromatic heterocycles. The number of aliphatic hydroxyl groups is 1. The predicted molar refractivity (Wildman–Crippen MR) is 65.4 cm³/mol. The molecule has 4 heteroatoms. The Morgan fingerprint density at radius 2 is 2.00 bits per heavy atom. The van der Waals surface area contributed by atoms with Crippen LogP contribution >= 0.6 is 0 Å². The van der Waals surface area contributed by atoms with E-state index in [4.69, 9.17) is 9.78 Å². The number of hydrogen-bond donors (Lipinski definition) is 1. The van der Waals surface area contributed by atoms with Gasteiger partial charge < -0.3 is 0 Å². The van der Waals surface area contributed by atoms with Crippen molar-refractivity contribution in [1.82, 2.24) is 0 Å². The maximum absolute atomic E-state index is 9.54. The summed E-state index contributed by atoms with van der Waals surface area (Å²) in [4.78, 5) is 10.5. The van der Waals surface area contributed by atoms with Gasteiger partial charge in [-0.15, -0.1) is 0 Å². The molecule has 0 amide bonds. The maximum atomic E-state index is 9.54. The molecule has 1 N–H and O–H groups in total. The minimum atomic E-state index is -0.181. The van der Waals surface area contributed by atoms with Crippen LogP contribution in [0.3, 0.4) is 0 Å². The van der Waals surface area contributed by atoms with Gasteiger partial charge in [-0.25, -0.2) is 0 Å². The number of rotatable bonds is 8. The molecule has 1 fully saturated rings. The van der Waals surface area contributed by atoms with Crippen molar-refractivity contribution in [3.8, 4) is 0 Å². The van der Waals surface area contributed by atoms with E-state index in [1.54, 1.807) is 0 Å². The van der Waals surface area contributed by atoms with Crippen LogP contribution in [0.2, 0.25) is 5.82 Å². The van der Waals surface area contributed by atoms with Crippen LogP contribution < -0.4 is 0 Å². The Bertz CT molecular complexity index is 178. The van der Waals surface area contributed by atoms with E-state index in [1.807, 2.05) is 0 Å². The number of aliphatic hydroxyl groups excluding tert-OH is 1. The van der Waals surface area contributed by atoms with Crippen LogP contribution in [0.1, 0.15) is 51.9 Å². The summed E-state index contributed by atoms with van der Waals surface area (Å²) in [7, 11) is 0. The van der Waals surface area contributed by atoms with Crippen LogP contribution in [0.15, 0.2) is 0 Å². The topological polar surface area (TPSA) is 38.7 Å². The molecule has 0 bridgehead atoms. The van der Waals surface area contributed by atoms with Crippen molar-refractivity contribution in [2.45, 2.75) is 74.9 Å². The Morgan fingerprint density at radius 3 is 2.69 bits per heavy atom. The van der Waals surface area contributed by atoms with Gasteiger partial charge in [-0.2, -0.15) is 0 Å². The summed E-state index contributed by atoms with van der Waals surface area (Å²) in [5, 5.41) is 9.36. The molecule has 3 unspecified atom stereocenters. The van der Waals surface area contributed by atoms with E-state index in [-0.39, 0.29) is 17.2 Å². The van der Waals surface area contributed by atoms with Gasteiger partial charge in [0.05, 0.1) is 0 Å². The quantitative estimate of drug-likeness (QED) is 0.425. The molecular formula is C12H24O3Se. The molecule has 16 heavy (non-hydrogen) atoms. The van der Waals surface area contributed by atoms with Crippen molar-refractivity contribution in [2.24, 2.45) is 0 Å². The van der Waals surface area contributed by atoms with E-state index in [2.05, 4.69) is 12.7 Å². The zero-order valence-electron chi connectivity index (χ0n) is 10.4. The van der Waals surface area contributed by atoms with E-state index in [0.717, 1.165) is 19.3 Å². The SMILES string of the molecule is CCCCCCC1CC(CC(O)[Se]C)OO1. The van der Waals surface area contributed by atoms with Gasteiger partial charge in [-0.1, -0.05) is 0 Å².